The van der Waals surface area contributed by atoms with E-state index in [-0.39, 0.29) is 5.91 Å². The number of nitrogens with one attached hydrogen (secondary N) is 2. The van der Waals surface area contributed by atoms with Crippen LogP contribution in [0.1, 0.15) is 0 Å². The molecule has 1 aliphatic rings. The van der Waals surface area contributed by atoms with E-state index in [0.29, 0.717) is 41.9 Å². The molecule has 2 aromatic heterocycles. The highest BCUT2D eigenvalue weighted by molar-refractivity contribution is 6.02. The molecule has 0 unspecified atom stereocenters. The van der Waals surface area contributed by atoms with E-state index in [4.69, 9.17) is 14.5 Å². The number of pyridine rings is 1. The van der Waals surface area contributed by atoms with Crippen molar-refractivity contribution in [1.29, 1.82) is 0 Å². The van der Waals surface area contributed by atoms with Crippen molar-refractivity contribution < 1.29 is 14.3 Å². The molecule has 0 aliphatic carbocycles. The Bertz CT molecular complexity index is 1260. The molecular weight excluding hydrogens is 472 g/mol. The van der Waals surface area contributed by atoms with Crippen LogP contribution < -0.4 is 25.2 Å². The second-order valence-electron chi connectivity index (χ2n) is 8.96. The largest absolute Gasteiger partial charge is 0.494 e. The first-order valence-corrected chi connectivity index (χ1v) is 12.1. The third-order valence-electron chi connectivity index (χ3n) is 6.06. The van der Waals surface area contributed by atoms with Gasteiger partial charge < -0.3 is 34.8 Å². The van der Waals surface area contributed by atoms with Gasteiger partial charge in [-0.3, -0.25) is 4.79 Å². The molecule has 4 rings (SSSR count). The van der Waals surface area contributed by atoms with Crippen molar-refractivity contribution in [2.75, 3.05) is 88.1 Å². The Morgan fingerprint density at radius 2 is 1.97 bits per heavy atom. The SMILES string of the molecule is C=CC(=O)Nc1cc(Nc2nc(N3CCOCC3)c3cccnc3n2)c(OC)cc1N(C)CCN(C)C. The van der Waals surface area contributed by atoms with Crippen LogP contribution in [0.2, 0.25) is 0 Å². The van der Waals surface area contributed by atoms with Crippen LogP contribution >= 0.6 is 0 Å². The van der Waals surface area contributed by atoms with Gasteiger partial charge in [0.2, 0.25) is 11.9 Å². The second-order valence-corrected chi connectivity index (χ2v) is 8.96. The first kappa shape index (κ1) is 26.1. The highest BCUT2D eigenvalue weighted by Crippen LogP contribution is 2.38. The first-order chi connectivity index (χ1) is 17.9. The highest BCUT2D eigenvalue weighted by atomic mass is 16.5. The number of morpholine rings is 1. The maximum atomic E-state index is 12.3. The predicted octanol–water partition coefficient (Wildman–Crippen LogP) is 2.74. The minimum atomic E-state index is -0.306. The summed E-state index contributed by atoms with van der Waals surface area (Å²) in [6.45, 7) is 7.92. The number of likely N-dealkylation sites (N-methyl/N-ethyl adjacent to an activating group) is 2. The number of ether oxygens (including phenoxy) is 2. The minimum Gasteiger partial charge on any atom is -0.494 e. The van der Waals surface area contributed by atoms with Crippen molar-refractivity contribution >= 4 is 45.8 Å². The normalized spacial score (nSPS) is 13.5. The Kier molecular flexibility index (Phi) is 8.36. The van der Waals surface area contributed by atoms with Crippen LogP contribution in [-0.2, 0) is 9.53 Å². The maximum absolute atomic E-state index is 12.3. The maximum Gasteiger partial charge on any atom is 0.247 e. The lowest BCUT2D eigenvalue weighted by atomic mass is 10.2. The first-order valence-electron chi connectivity index (χ1n) is 12.1. The molecule has 196 valence electrons. The molecule has 0 spiro atoms. The Labute approximate surface area is 217 Å². The number of carbonyl (C=O) groups excluding carboxylic acids is 1. The fourth-order valence-corrected chi connectivity index (χ4v) is 4.04. The zero-order chi connectivity index (χ0) is 26.4. The summed E-state index contributed by atoms with van der Waals surface area (Å²) in [6.07, 6.45) is 2.96. The third-order valence-corrected chi connectivity index (χ3v) is 6.06. The zero-order valence-corrected chi connectivity index (χ0v) is 21.8. The van der Waals surface area contributed by atoms with Gasteiger partial charge in [0, 0.05) is 45.5 Å². The van der Waals surface area contributed by atoms with Gasteiger partial charge in [0.1, 0.15) is 11.6 Å². The molecule has 0 bridgehead atoms. The number of benzene rings is 1. The molecule has 1 amide bonds. The van der Waals surface area contributed by atoms with E-state index in [0.717, 1.165) is 43.1 Å². The van der Waals surface area contributed by atoms with Gasteiger partial charge >= 0.3 is 0 Å². The monoisotopic (exact) mass is 506 g/mol. The van der Waals surface area contributed by atoms with Gasteiger partial charge in [-0.15, -0.1) is 0 Å². The summed E-state index contributed by atoms with van der Waals surface area (Å²) >= 11 is 0. The minimum absolute atomic E-state index is 0.306. The molecule has 0 saturated carbocycles. The number of amides is 1. The van der Waals surface area contributed by atoms with Crippen LogP contribution in [0.3, 0.4) is 0 Å². The molecule has 1 saturated heterocycles. The van der Waals surface area contributed by atoms with Crippen LogP contribution in [-0.4, -0.2) is 93.4 Å². The molecular formula is C26H34N8O3. The fourth-order valence-electron chi connectivity index (χ4n) is 4.04. The van der Waals surface area contributed by atoms with Crippen molar-refractivity contribution in [3.63, 3.8) is 0 Å². The van der Waals surface area contributed by atoms with Crippen molar-refractivity contribution in [3.05, 3.63) is 43.1 Å². The van der Waals surface area contributed by atoms with E-state index in [1.807, 2.05) is 45.4 Å². The van der Waals surface area contributed by atoms with Gasteiger partial charge in [0.25, 0.3) is 0 Å². The molecule has 1 fully saturated rings. The number of carbonyl (C=O) groups is 1. The molecule has 11 nitrogen and oxygen atoms in total. The Morgan fingerprint density at radius 1 is 1.19 bits per heavy atom. The summed E-state index contributed by atoms with van der Waals surface area (Å²) in [5, 5.41) is 7.08. The molecule has 37 heavy (non-hydrogen) atoms. The third kappa shape index (κ3) is 6.25. The molecule has 11 heteroatoms. The summed E-state index contributed by atoms with van der Waals surface area (Å²) < 4.78 is 11.2. The van der Waals surface area contributed by atoms with E-state index in [9.17, 15) is 4.79 Å². The van der Waals surface area contributed by atoms with E-state index >= 15 is 0 Å². The van der Waals surface area contributed by atoms with Gasteiger partial charge in [0.15, 0.2) is 5.65 Å². The van der Waals surface area contributed by atoms with Crippen molar-refractivity contribution in [3.8, 4) is 5.75 Å². The molecule has 0 atom stereocenters. The number of rotatable bonds is 10. The van der Waals surface area contributed by atoms with Gasteiger partial charge in [-0.05, 0) is 38.4 Å². The standard InChI is InChI=1S/C26H34N8O3/c1-6-23(35)28-19-16-20(22(36-5)17-21(19)33(4)11-10-32(2)3)29-26-30-24-18(8-7-9-27-24)25(31-26)34-12-14-37-15-13-34/h6-9,16-17H,1,10-15H2,2-5H3,(H,28,35)(H,27,29,30,31). The number of anilines is 5. The smallest absolute Gasteiger partial charge is 0.247 e. The number of fused-ring (bicyclic) bond motifs is 1. The zero-order valence-electron chi connectivity index (χ0n) is 21.8. The summed E-state index contributed by atoms with van der Waals surface area (Å²) in [7, 11) is 7.62. The highest BCUT2D eigenvalue weighted by Gasteiger charge is 2.20. The van der Waals surface area contributed by atoms with Crippen molar-refractivity contribution in [2.45, 2.75) is 0 Å². The average Bonchev–Trinajstić information content (AvgIpc) is 2.91. The van der Waals surface area contributed by atoms with E-state index in [2.05, 4.69) is 41.9 Å². The Balaban J connectivity index is 1.74. The molecule has 1 aromatic carbocycles. The second kappa shape index (κ2) is 11.8. The number of hydrogen-bond acceptors (Lipinski definition) is 10. The molecule has 2 N–H and O–H groups in total. The van der Waals surface area contributed by atoms with E-state index in [1.54, 1.807) is 13.3 Å². The molecule has 0 radical (unpaired) electrons. The van der Waals surface area contributed by atoms with Crippen LogP contribution in [0.25, 0.3) is 11.0 Å². The van der Waals surface area contributed by atoms with Crippen molar-refractivity contribution in [2.24, 2.45) is 0 Å². The number of nitrogens with zero attached hydrogens (tertiary/aromatic N) is 6. The molecule has 3 heterocycles. The predicted molar refractivity (Wildman–Crippen MR) is 147 cm³/mol. The van der Waals surface area contributed by atoms with E-state index < -0.39 is 0 Å². The molecule has 3 aromatic rings. The summed E-state index contributed by atoms with van der Waals surface area (Å²) in [5.41, 5.74) is 2.62. The molecule has 1 aliphatic heterocycles. The summed E-state index contributed by atoms with van der Waals surface area (Å²) in [4.78, 5) is 32.6. The quantitative estimate of drug-likeness (QED) is 0.399. The lowest BCUT2D eigenvalue weighted by molar-refractivity contribution is -0.111. The number of hydrogen-bond donors (Lipinski definition) is 2. The van der Waals surface area contributed by atoms with Gasteiger partial charge in [-0.1, -0.05) is 6.58 Å². The van der Waals surface area contributed by atoms with Crippen LogP contribution in [0.4, 0.5) is 28.8 Å². The van der Waals surface area contributed by atoms with Crippen LogP contribution in [0.15, 0.2) is 43.1 Å². The Hall–Kier alpha value is -3.96. The average molecular weight is 507 g/mol. The number of methoxy groups -OCH3 is 1. The van der Waals surface area contributed by atoms with Crippen LogP contribution in [0.5, 0.6) is 5.75 Å². The fraction of sp³-hybridized carbons (Fsp3) is 0.385. The lowest BCUT2D eigenvalue weighted by Gasteiger charge is -2.29. The van der Waals surface area contributed by atoms with Crippen LogP contribution in [0, 0.1) is 0 Å². The van der Waals surface area contributed by atoms with Crippen molar-refractivity contribution in [1.82, 2.24) is 19.9 Å². The van der Waals surface area contributed by atoms with E-state index in [1.165, 1.54) is 6.08 Å². The summed E-state index contributed by atoms with van der Waals surface area (Å²) in [5.74, 6) is 1.45. The summed E-state index contributed by atoms with van der Waals surface area (Å²) in [6, 6.07) is 7.56. The topological polar surface area (TPSA) is 108 Å². The lowest BCUT2D eigenvalue weighted by Crippen LogP contribution is -2.37. The Morgan fingerprint density at radius 3 is 2.68 bits per heavy atom. The number of aromatic nitrogens is 3. The van der Waals surface area contributed by atoms with Gasteiger partial charge in [0.05, 0.1) is 42.8 Å². The van der Waals surface area contributed by atoms with Gasteiger partial charge in [-0.25, -0.2) is 4.98 Å². The van der Waals surface area contributed by atoms with Gasteiger partial charge in [-0.2, -0.15) is 9.97 Å².